The fourth-order valence-electron chi connectivity index (χ4n) is 0.813. The normalized spacial score (nSPS) is 12.5. The van der Waals surface area contributed by atoms with Gasteiger partial charge in [0.25, 0.3) is 0 Å². The summed E-state index contributed by atoms with van der Waals surface area (Å²) in [6.07, 6.45) is -0.539. The van der Waals surface area contributed by atoms with E-state index in [9.17, 15) is 4.79 Å². The van der Waals surface area contributed by atoms with E-state index in [1.54, 1.807) is 6.92 Å². The predicted molar refractivity (Wildman–Crippen MR) is 48.7 cm³/mol. The molecule has 0 aromatic carbocycles. The minimum atomic E-state index is -1.04. The molecule has 0 aliphatic heterocycles. The minimum Gasteiger partial charge on any atom is -0.478 e. The molecule has 4 nitrogen and oxygen atoms in total. The van der Waals surface area contributed by atoms with E-state index in [1.165, 1.54) is 0 Å². The van der Waals surface area contributed by atoms with Gasteiger partial charge in [0.1, 0.15) is 6.10 Å². The van der Waals surface area contributed by atoms with Crippen molar-refractivity contribution in [2.75, 3.05) is 19.8 Å². The van der Waals surface area contributed by atoms with Crippen molar-refractivity contribution >= 4 is 5.97 Å². The molecule has 0 aliphatic rings. The lowest BCUT2D eigenvalue weighted by Gasteiger charge is -2.16. The van der Waals surface area contributed by atoms with E-state index in [0.717, 1.165) is 0 Å². The second-order valence-corrected chi connectivity index (χ2v) is 2.43. The van der Waals surface area contributed by atoms with Gasteiger partial charge in [-0.1, -0.05) is 6.58 Å². The van der Waals surface area contributed by atoms with Crippen molar-refractivity contribution in [3.63, 3.8) is 0 Å². The minimum absolute atomic E-state index is 0.0373. The number of aliphatic carboxylic acids is 1. The van der Waals surface area contributed by atoms with E-state index in [-0.39, 0.29) is 12.2 Å². The molecule has 0 amide bonds. The van der Waals surface area contributed by atoms with Crippen molar-refractivity contribution in [1.29, 1.82) is 0 Å². The zero-order valence-corrected chi connectivity index (χ0v) is 8.08. The van der Waals surface area contributed by atoms with Crippen LogP contribution >= 0.6 is 0 Å². The summed E-state index contributed by atoms with van der Waals surface area (Å²) in [6, 6.07) is 0. The molecule has 4 heteroatoms. The van der Waals surface area contributed by atoms with Gasteiger partial charge in [0.15, 0.2) is 0 Å². The van der Waals surface area contributed by atoms with E-state index in [4.69, 9.17) is 14.6 Å². The number of rotatable bonds is 7. The summed E-state index contributed by atoms with van der Waals surface area (Å²) in [7, 11) is 0. The monoisotopic (exact) mass is 188 g/mol. The Morgan fingerprint density at radius 1 is 1.46 bits per heavy atom. The van der Waals surface area contributed by atoms with E-state index in [2.05, 4.69) is 6.58 Å². The fourth-order valence-corrected chi connectivity index (χ4v) is 0.813. The van der Waals surface area contributed by atoms with Gasteiger partial charge in [0.05, 0.1) is 12.2 Å². The first-order valence-electron chi connectivity index (χ1n) is 4.24. The van der Waals surface area contributed by atoms with Crippen LogP contribution in [0.4, 0.5) is 0 Å². The van der Waals surface area contributed by atoms with Crippen LogP contribution in [0.1, 0.15) is 13.8 Å². The fraction of sp³-hybridized carbons (Fsp3) is 0.667. The maximum atomic E-state index is 10.5. The summed E-state index contributed by atoms with van der Waals surface area (Å²) in [5.74, 6) is -1.04. The molecule has 0 bridgehead atoms. The quantitative estimate of drug-likeness (QED) is 0.607. The molecule has 13 heavy (non-hydrogen) atoms. The summed E-state index contributed by atoms with van der Waals surface area (Å²) in [5, 5.41) is 8.64. The molecule has 0 fully saturated rings. The molecule has 0 aliphatic carbocycles. The summed E-state index contributed by atoms with van der Waals surface area (Å²) in [6.45, 7) is 8.29. The van der Waals surface area contributed by atoms with Gasteiger partial charge in [-0.25, -0.2) is 4.79 Å². The number of carboxylic acid groups (broad SMARTS) is 1. The van der Waals surface area contributed by atoms with E-state index in [0.29, 0.717) is 13.2 Å². The van der Waals surface area contributed by atoms with Gasteiger partial charge in [0, 0.05) is 13.2 Å². The first kappa shape index (κ1) is 12.1. The second kappa shape index (κ2) is 6.62. The van der Waals surface area contributed by atoms with E-state index < -0.39 is 12.1 Å². The van der Waals surface area contributed by atoms with Crippen molar-refractivity contribution in [2.45, 2.75) is 20.0 Å². The molecule has 0 saturated carbocycles. The summed E-state index contributed by atoms with van der Waals surface area (Å²) < 4.78 is 10.2. The zero-order valence-electron chi connectivity index (χ0n) is 8.08. The van der Waals surface area contributed by atoms with Crippen molar-refractivity contribution in [2.24, 2.45) is 0 Å². The highest BCUT2D eigenvalue weighted by molar-refractivity contribution is 5.86. The first-order valence-corrected chi connectivity index (χ1v) is 4.24. The number of carbonyl (C=O) groups is 1. The van der Waals surface area contributed by atoms with E-state index >= 15 is 0 Å². The van der Waals surface area contributed by atoms with Gasteiger partial charge in [0.2, 0.25) is 0 Å². The number of hydrogen-bond acceptors (Lipinski definition) is 3. The average Bonchev–Trinajstić information content (AvgIpc) is 2.11. The van der Waals surface area contributed by atoms with Crippen molar-refractivity contribution in [3.05, 3.63) is 12.2 Å². The van der Waals surface area contributed by atoms with Gasteiger partial charge in [-0.3, -0.25) is 0 Å². The van der Waals surface area contributed by atoms with Crippen LogP contribution in [0.25, 0.3) is 0 Å². The maximum absolute atomic E-state index is 10.5. The molecule has 0 aromatic heterocycles. The van der Waals surface area contributed by atoms with Gasteiger partial charge in [-0.2, -0.15) is 0 Å². The smallest absolute Gasteiger partial charge is 0.333 e. The third-order valence-electron chi connectivity index (χ3n) is 1.50. The highest BCUT2D eigenvalue weighted by atomic mass is 16.5. The van der Waals surface area contributed by atoms with Crippen LogP contribution in [0.5, 0.6) is 0 Å². The Morgan fingerprint density at radius 2 is 2.08 bits per heavy atom. The molecule has 0 radical (unpaired) electrons. The summed E-state index contributed by atoms with van der Waals surface area (Å²) in [4.78, 5) is 10.5. The van der Waals surface area contributed by atoms with Crippen LogP contribution < -0.4 is 0 Å². The van der Waals surface area contributed by atoms with Crippen LogP contribution in [0, 0.1) is 0 Å². The Bertz CT molecular complexity index is 176. The Hall–Kier alpha value is -0.870. The third-order valence-corrected chi connectivity index (χ3v) is 1.50. The molecule has 0 aromatic rings. The molecule has 0 saturated heterocycles. The Kier molecular flexibility index (Phi) is 6.18. The average molecular weight is 188 g/mol. The lowest BCUT2D eigenvalue weighted by atomic mass is 10.2. The standard InChI is InChI=1S/C9H16O4/c1-4-12-6-8(13-5-2)7(3)9(10)11/h8H,3-6H2,1-2H3,(H,10,11). The summed E-state index contributed by atoms with van der Waals surface area (Å²) >= 11 is 0. The number of carboxylic acids is 1. The zero-order chi connectivity index (χ0) is 10.3. The first-order chi connectivity index (χ1) is 6.13. The molecular weight excluding hydrogens is 172 g/mol. The molecule has 1 atom stereocenters. The van der Waals surface area contributed by atoms with Crippen molar-refractivity contribution in [1.82, 2.24) is 0 Å². The lowest BCUT2D eigenvalue weighted by Crippen LogP contribution is -2.26. The number of ether oxygens (including phenoxy) is 2. The lowest BCUT2D eigenvalue weighted by molar-refractivity contribution is -0.134. The van der Waals surface area contributed by atoms with Gasteiger partial charge < -0.3 is 14.6 Å². The second-order valence-electron chi connectivity index (χ2n) is 2.43. The van der Waals surface area contributed by atoms with Gasteiger partial charge in [-0.15, -0.1) is 0 Å². The number of hydrogen-bond donors (Lipinski definition) is 1. The van der Waals surface area contributed by atoms with Gasteiger partial charge in [-0.05, 0) is 13.8 Å². The predicted octanol–water partition coefficient (Wildman–Crippen LogP) is 1.07. The van der Waals surface area contributed by atoms with Crippen LogP contribution in [0.3, 0.4) is 0 Å². The molecular formula is C9H16O4. The molecule has 0 heterocycles. The Morgan fingerprint density at radius 3 is 2.46 bits per heavy atom. The highest BCUT2D eigenvalue weighted by Crippen LogP contribution is 2.05. The Labute approximate surface area is 78.2 Å². The SMILES string of the molecule is C=C(C(=O)O)C(COCC)OCC. The third kappa shape index (κ3) is 4.65. The molecule has 0 spiro atoms. The molecule has 1 unspecified atom stereocenters. The van der Waals surface area contributed by atoms with E-state index in [1.807, 2.05) is 6.92 Å². The largest absolute Gasteiger partial charge is 0.478 e. The maximum Gasteiger partial charge on any atom is 0.333 e. The highest BCUT2D eigenvalue weighted by Gasteiger charge is 2.18. The van der Waals surface area contributed by atoms with Crippen molar-refractivity contribution < 1.29 is 19.4 Å². The summed E-state index contributed by atoms with van der Waals surface area (Å²) in [5.41, 5.74) is 0.0373. The van der Waals surface area contributed by atoms with Crippen LogP contribution in [0.15, 0.2) is 12.2 Å². The Balaban J connectivity index is 4.06. The molecule has 1 N–H and O–H groups in total. The molecule has 76 valence electrons. The van der Waals surface area contributed by atoms with Crippen molar-refractivity contribution in [3.8, 4) is 0 Å². The van der Waals surface area contributed by atoms with Crippen LogP contribution in [-0.2, 0) is 14.3 Å². The van der Waals surface area contributed by atoms with Crippen LogP contribution in [0.2, 0.25) is 0 Å². The molecule has 0 rings (SSSR count). The van der Waals surface area contributed by atoms with Gasteiger partial charge >= 0.3 is 5.97 Å². The topological polar surface area (TPSA) is 55.8 Å². The van der Waals surface area contributed by atoms with Crippen LogP contribution in [-0.4, -0.2) is 37.0 Å².